The molecule has 1 amide bonds. The molecule has 0 saturated carbocycles. The van der Waals surface area contributed by atoms with Gasteiger partial charge in [-0.3, -0.25) is 18.8 Å². The Labute approximate surface area is 113 Å². The van der Waals surface area contributed by atoms with Crippen LogP contribution in [0.15, 0.2) is 35.4 Å². The quantitative estimate of drug-likeness (QED) is 0.821. The zero-order chi connectivity index (χ0) is 14.3. The molecule has 0 bridgehead atoms. The van der Waals surface area contributed by atoms with Gasteiger partial charge in [0.25, 0.3) is 11.5 Å². The van der Waals surface area contributed by atoms with E-state index in [4.69, 9.17) is 5.11 Å². The number of carboxylic acid groups (broad SMARTS) is 1. The van der Waals surface area contributed by atoms with Gasteiger partial charge >= 0.3 is 5.97 Å². The first kappa shape index (κ1) is 12.3. The molecule has 3 rings (SSSR count). The first-order valence-electron chi connectivity index (χ1n) is 6.06. The fraction of sp³-hybridized carbons (Fsp3) is 0.231. The van der Waals surface area contributed by atoms with Gasteiger partial charge in [-0.25, -0.2) is 4.98 Å². The fourth-order valence-corrected chi connectivity index (χ4v) is 2.14. The molecule has 102 valence electrons. The molecule has 1 aliphatic rings. The number of fused-ring (bicyclic) bond motifs is 1. The number of carboxylic acids is 1. The summed E-state index contributed by atoms with van der Waals surface area (Å²) in [7, 11) is 0. The van der Waals surface area contributed by atoms with Crippen LogP contribution < -0.4 is 5.56 Å². The Hall–Kier alpha value is -2.70. The number of aliphatic carboxylic acids is 1. The lowest BCUT2D eigenvalue weighted by molar-refractivity contribution is -0.146. The van der Waals surface area contributed by atoms with Crippen molar-refractivity contribution in [2.45, 2.75) is 0 Å². The van der Waals surface area contributed by atoms with E-state index in [1.807, 2.05) is 0 Å². The van der Waals surface area contributed by atoms with Gasteiger partial charge in [0.2, 0.25) is 0 Å². The number of nitrogens with zero attached hydrogens (tertiary/aromatic N) is 3. The van der Waals surface area contributed by atoms with Crippen molar-refractivity contribution < 1.29 is 14.7 Å². The van der Waals surface area contributed by atoms with E-state index in [-0.39, 0.29) is 18.7 Å². The van der Waals surface area contributed by atoms with Crippen LogP contribution in [0.2, 0.25) is 0 Å². The Morgan fingerprint density at radius 1 is 1.30 bits per heavy atom. The van der Waals surface area contributed by atoms with E-state index in [9.17, 15) is 14.4 Å². The van der Waals surface area contributed by atoms with Gasteiger partial charge in [0.15, 0.2) is 0 Å². The maximum absolute atomic E-state index is 12.2. The molecule has 2 aromatic heterocycles. The van der Waals surface area contributed by atoms with Crippen LogP contribution in [-0.4, -0.2) is 44.4 Å². The molecule has 3 heterocycles. The predicted octanol–water partition coefficient (Wildman–Crippen LogP) is -0.149. The van der Waals surface area contributed by atoms with E-state index >= 15 is 0 Å². The number of carbonyl (C=O) groups is 2. The van der Waals surface area contributed by atoms with Crippen LogP contribution in [-0.2, 0) is 4.79 Å². The second-order valence-electron chi connectivity index (χ2n) is 4.65. The van der Waals surface area contributed by atoms with E-state index in [1.165, 1.54) is 21.7 Å². The third kappa shape index (κ3) is 1.83. The third-order valence-electron chi connectivity index (χ3n) is 3.36. The molecule has 1 saturated heterocycles. The highest BCUT2D eigenvalue weighted by molar-refractivity contribution is 5.95. The molecule has 7 heteroatoms. The Bertz CT molecular complexity index is 762. The maximum atomic E-state index is 12.2. The Balaban J connectivity index is 1.92. The van der Waals surface area contributed by atoms with Crippen molar-refractivity contribution in [2.24, 2.45) is 5.92 Å². The van der Waals surface area contributed by atoms with Gasteiger partial charge < -0.3 is 10.0 Å². The molecule has 2 aromatic rings. The first-order valence-corrected chi connectivity index (χ1v) is 6.06. The average Bonchev–Trinajstić information content (AvgIpc) is 2.37. The van der Waals surface area contributed by atoms with Crippen molar-refractivity contribution in [1.82, 2.24) is 14.3 Å². The Kier molecular flexibility index (Phi) is 2.74. The van der Waals surface area contributed by atoms with Crippen LogP contribution in [0.1, 0.15) is 10.4 Å². The maximum Gasteiger partial charge on any atom is 0.310 e. The highest BCUT2D eigenvalue weighted by atomic mass is 16.4. The molecule has 0 atom stereocenters. The van der Waals surface area contributed by atoms with E-state index < -0.39 is 23.4 Å². The van der Waals surface area contributed by atoms with Crippen molar-refractivity contribution in [1.29, 1.82) is 0 Å². The minimum atomic E-state index is -0.928. The zero-order valence-corrected chi connectivity index (χ0v) is 10.4. The number of likely N-dealkylation sites (tertiary alicyclic amines) is 1. The van der Waals surface area contributed by atoms with Crippen molar-refractivity contribution in [2.75, 3.05) is 13.1 Å². The van der Waals surface area contributed by atoms with Crippen LogP contribution >= 0.6 is 0 Å². The average molecular weight is 273 g/mol. The van der Waals surface area contributed by atoms with Crippen LogP contribution in [0.4, 0.5) is 0 Å². The van der Waals surface area contributed by atoms with Crippen molar-refractivity contribution in [3.63, 3.8) is 0 Å². The summed E-state index contributed by atoms with van der Waals surface area (Å²) in [5.74, 6) is -1.95. The molecule has 0 unspecified atom stereocenters. The lowest BCUT2D eigenvalue weighted by atomic mass is 10.00. The summed E-state index contributed by atoms with van der Waals surface area (Å²) < 4.78 is 1.29. The van der Waals surface area contributed by atoms with E-state index in [1.54, 1.807) is 18.2 Å². The summed E-state index contributed by atoms with van der Waals surface area (Å²) >= 11 is 0. The summed E-state index contributed by atoms with van der Waals surface area (Å²) in [4.78, 5) is 40.4. The van der Waals surface area contributed by atoms with Crippen LogP contribution in [0.3, 0.4) is 0 Å². The fourth-order valence-electron chi connectivity index (χ4n) is 2.14. The highest BCUT2D eigenvalue weighted by Crippen LogP contribution is 2.17. The molecular formula is C13H11N3O4. The largest absolute Gasteiger partial charge is 0.481 e. The van der Waals surface area contributed by atoms with Crippen molar-refractivity contribution in [3.8, 4) is 0 Å². The highest BCUT2D eigenvalue weighted by Gasteiger charge is 2.36. The lowest BCUT2D eigenvalue weighted by Crippen LogP contribution is -2.54. The van der Waals surface area contributed by atoms with Crippen LogP contribution in [0, 0.1) is 5.92 Å². The van der Waals surface area contributed by atoms with Crippen molar-refractivity contribution in [3.05, 3.63) is 46.5 Å². The molecule has 0 aliphatic carbocycles. The number of hydrogen-bond donors (Lipinski definition) is 1. The smallest absolute Gasteiger partial charge is 0.310 e. The van der Waals surface area contributed by atoms with E-state index in [0.717, 1.165) is 0 Å². The molecule has 0 aromatic carbocycles. The number of carbonyl (C=O) groups excluding carboxylic acids is 1. The van der Waals surface area contributed by atoms with Gasteiger partial charge in [-0.05, 0) is 12.1 Å². The number of aromatic nitrogens is 2. The van der Waals surface area contributed by atoms with Gasteiger partial charge in [-0.1, -0.05) is 6.07 Å². The lowest BCUT2D eigenvalue weighted by Gasteiger charge is -2.36. The van der Waals surface area contributed by atoms with Gasteiger partial charge in [-0.2, -0.15) is 0 Å². The van der Waals surface area contributed by atoms with Crippen molar-refractivity contribution >= 4 is 17.5 Å². The molecule has 1 fully saturated rings. The summed E-state index contributed by atoms with van der Waals surface area (Å²) in [5, 5.41) is 8.78. The van der Waals surface area contributed by atoms with E-state index in [2.05, 4.69) is 4.98 Å². The van der Waals surface area contributed by atoms with Gasteiger partial charge in [0, 0.05) is 25.5 Å². The number of amides is 1. The topological polar surface area (TPSA) is 92.0 Å². The molecule has 0 spiro atoms. The number of pyridine rings is 1. The van der Waals surface area contributed by atoms with Gasteiger partial charge in [0.1, 0.15) is 11.2 Å². The number of hydrogen-bond acceptors (Lipinski definition) is 4. The second kappa shape index (κ2) is 4.44. The van der Waals surface area contributed by atoms with Gasteiger partial charge in [-0.15, -0.1) is 0 Å². The molecule has 20 heavy (non-hydrogen) atoms. The minimum absolute atomic E-state index is 0.0439. The number of rotatable bonds is 2. The van der Waals surface area contributed by atoms with Gasteiger partial charge in [0.05, 0.1) is 5.92 Å². The Morgan fingerprint density at radius 3 is 2.75 bits per heavy atom. The first-order chi connectivity index (χ1) is 9.58. The standard InChI is InChI=1S/C13H11N3O4/c17-11(15-6-8(7-15)13(19)20)9-5-14-10-3-1-2-4-16(10)12(9)18/h1-5,8H,6-7H2,(H,19,20). The second-order valence-corrected chi connectivity index (χ2v) is 4.65. The molecule has 0 radical (unpaired) electrons. The predicted molar refractivity (Wildman–Crippen MR) is 68.5 cm³/mol. The summed E-state index contributed by atoms with van der Waals surface area (Å²) in [5.41, 5.74) is -0.0296. The summed E-state index contributed by atoms with van der Waals surface area (Å²) in [6, 6.07) is 5.09. The van der Waals surface area contributed by atoms with Crippen LogP contribution in [0.5, 0.6) is 0 Å². The van der Waals surface area contributed by atoms with Crippen LogP contribution in [0.25, 0.3) is 5.65 Å². The summed E-state index contributed by atoms with van der Waals surface area (Å²) in [6.45, 7) is 0.260. The van der Waals surface area contributed by atoms with E-state index in [0.29, 0.717) is 5.65 Å². The SMILES string of the molecule is O=C(O)C1CN(C(=O)c2cnc3ccccn3c2=O)C1. The molecule has 1 N–H and O–H groups in total. The summed E-state index contributed by atoms with van der Waals surface area (Å²) in [6.07, 6.45) is 2.78. The third-order valence-corrected chi connectivity index (χ3v) is 3.36. The Morgan fingerprint density at radius 2 is 2.05 bits per heavy atom. The monoisotopic (exact) mass is 273 g/mol. The zero-order valence-electron chi connectivity index (χ0n) is 10.4. The minimum Gasteiger partial charge on any atom is -0.481 e. The molecule has 7 nitrogen and oxygen atoms in total. The molecule has 1 aliphatic heterocycles. The molecular weight excluding hydrogens is 262 g/mol. The normalized spacial score (nSPS) is 15.1.